The third-order valence-corrected chi connectivity index (χ3v) is 4.96. The molecule has 0 saturated carbocycles. The van der Waals surface area contributed by atoms with Gasteiger partial charge < -0.3 is 10.2 Å². The molecule has 2 amide bonds. The summed E-state index contributed by atoms with van der Waals surface area (Å²) in [5.41, 5.74) is 1.44. The molecule has 2 rings (SSSR count). The van der Waals surface area contributed by atoms with Crippen LogP contribution in [0.25, 0.3) is 0 Å². The van der Waals surface area contributed by atoms with Crippen LogP contribution in [0, 0.1) is 6.92 Å². The molecular formula is C18H22BrN3O2S. The highest BCUT2D eigenvalue weighted by atomic mass is 79.9. The average Bonchev–Trinajstić information content (AvgIpc) is 2.98. The second kappa shape index (κ2) is 9.68. The normalized spacial score (nSPS) is 10.5. The number of hydrogen-bond acceptors (Lipinski definition) is 4. The van der Waals surface area contributed by atoms with E-state index in [1.54, 1.807) is 17.0 Å². The van der Waals surface area contributed by atoms with E-state index in [0.717, 1.165) is 29.4 Å². The maximum Gasteiger partial charge on any atom is 0.254 e. The van der Waals surface area contributed by atoms with Gasteiger partial charge in [-0.2, -0.15) is 0 Å². The van der Waals surface area contributed by atoms with E-state index in [2.05, 4.69) is 33.2 Å². The number of nitrogens with zero attached hydrogens (tertiary/aromatic N) is 2. The molecule has 0 atom stereocenters. The molecule has 1 N–H and O–H groups in total. The lowest BCUT2D eigenvalue weighted by atomic mass is 10.1. The predicted octanol–water partition coefficient (Wildman–Crippen LogP) is 4.49. The maximum absolute atomic E-state index is 12.8. The standard InChI is InChI=1S/C18H22BrN3O2S/c1-3-4-5-9-22(17(24)14-7-6-8-15(19)10-14)11-16(23)21-18-20-13(2)12-25-18/h6-8,10,12H,3-5,9,11H2,1-2H3,(H,20,21,23). The Morgan fingerprint density at radius 1 is 1.32 bits per heavy atom. The lowest BCUT2D eigenvalue weighted by Gasteiger charge is -2.22. The summed E-state index contributed by atoms with van der Waals surface area (Å²) < 4.78 is 0.842. The smallest absolute Gasteiger partial charge is 0.254 e. The van der Waals surface area contributed by atoms with Crippen molar-refractivity contribution < 1.29 is 9.59 Å². The van der Waals surface area contributed by atoms with E-state index in [1.807, 2.05) is 24.4 Å². The van der Waals surface area contributed by atoms with Crippen molar-refractivity contribution in [1.82, 2.24) is 9.88 Å². The first-order valence-corrected chi connectivity index (χ1v) is 9.93. The minimum atomic E-state index is -0.228. The van der Waals surface area contributed by atoms with Gasteiger partial charge in [0.15, 0.2) is 5.13 Å². The molecule has 0 aliphatic carbocycles. The Hall–Kier alpha value is -1.73. The van der Waals surface area contributed by atoms with Gasteiger partial charge in [0.05, 0.1) is 5.69 Å². The fourth-order valence-electron chi connectivity index (χ4n) is 2.35. The highest BCUT2D eigenvalue weighted by Crippen LogP contribution is 2.16. The molecule has 0 fully saturated rings. The second-order valence-electron chi connectivity index (χ2n) is 5.79. The first-order chi connectivity index (χ1) is 12.0. The number of carbonyl (C=O) groups is 2. The Balaban J connectivity index is 2.06. The summed E-state index contributed by atoms with van der Waals surface area (Å²) in [5, 5.41) is 5.20. The molecule has 0 aliphatic heterocycles. The van der Waals surface area contributed by atoms with Gasteiger partial charge in [-0.15, -0.1) is 11.3 Å². The van der Waals surface area contributed by atoms with Gasteiger partial charge in [0.25, 0.3) is 5.91 Å². The van der Waals surface area contributed by atoms with Crippen molar-refractivity contribution in [1.29, 1.82) is 0 Å². The lowest BCUT2D eigenvalue weighted by molar-refractivity contribution is -0.116. The van der Waals surface area contributed by atoms with Crippen molar-refractivity contribution in [2.45, 2.75) is 33.1 Å². The van der Waals surface area contributed by atoms with Crippen LogP contribution < -0.4 is 5.32 Å². The van der Waals surface area contributed by atoms with E-state index in [9.17, 15) is 9.59 Å². The van der Waals surface area contributed by atoms with Crippen LogP contribution in [0.1, 0.15) is 42.2 Å². The Morgan fingerprint density at radius 3 is 2.76 bits per heavy atom. The van der Waals surface area contributed by atoms with Gasteiger partial charge in [0.2, 0.25) is 5.91 Å². The van der Waals surface area contributed by atoms with Crippen LogP contribution in [0.15, 0.2) is 34.1 Å². The largest absolute Gasteiger partial charge is 0.329 e. The van der Waals surface area contributed by atoms with Crippen LogP contribution in [0.5, 0.6) is 0 Å². The van der Waals surface area contributed by atoms with Crippen molar-refractivity contribution in [2.24, 2.45) is 0 Å². The number of anilines is 1. The quantitative estimate of drug-likeness (QED) is 0.636. The topological polar surface area (TPSA) is 62.3 Å². The predicted molar refractivity (Wildman–Crippen MR) is 105 cm³/mol. The number of rotatable bonds is 8. The number of hydrogen-bond donors (Lipinski definition) is 1. The van der Waals surface area contributed by atoms with Crippen molar-refractivity contribution >= 4 is 44.2 Å². The highest BCUT2D eigenvalue weighted by molar-refractivity contribution is 9.10. The maximum atomic E-state index is 12.8. The summed E-state index contributed by atoms with van der Waals surface area (Å²) in [4.78, 5) is 30.9. The number of halogens is 1. The number of aryl methyl sites for hydroxylation is 1. The van der Waals surface area contributed by atoms with Gasteiger partial charge in [0.1, 0.15) is 6.54 Å². The van der Waals surface area contributed by atoms with Crippen molar-refractivity contribution in [3.8, 4) is 0 Å². The molecule has 0 radical (unpaired) electrons. The minimum absolute atomic E-state index is 0.0215. The minimum Gasteiger partial charge on any atom is -0.329 e. The first-order valence-electron chi connectivity index (χ1n) is 8.26. The van der Waals surface area contributed by atoms with Gasteiger partial charge in [0, 0.05) is 22.0 Å². The summed E-state index contributed by atoms with van der Waals surface area (Å²) in [5.74, 6) is -0.364. The summed E-state index contributed by atoms with van der Waals surface area (Å²) in [6.45, 7) is 4.56. The Morgan fingerprint density at radius 2 is 2.12 bits per heavy atom. The van der Waals surface area contributed by atoms with E-state index in [4.69, 9.17) is 0 Å². The zero-order chi connectivity index (χ0) is 18.2. The summed E-state index contributed by atoms with van der Waals surface area (Å²) >= 11 is 4.76. The molecule has 1 heterocycles. The number of carbonyl (C=O) groups excluding carboxylic acids is 2. The number of amides is 2. The molecule has 7 heteroatoms. The second-order valence-corrected chi connectivity index (χ2v) is 7.56. The van der Waals surface area contributed by atoms with Gasteiger partial charge >= 0.3 is 0 Å². The molecule has 0 aliphatic rings. The van der Waals surface area contributed by atoms with Crippen LogP contribution in [0.2, 0.25) is 0 Å². The van der Waals surface area contributed by atoms with Crippen LogP contribution in [0.3, 0.4) is 0 Å². The number of benzene rings is 1. The van der Waals surface area contributed by atoms with Gasteiger partial charge in [-0.05, 0) is 31.5 Å². The molecule has 0 saturated heterocycles. The van der Waals surface area contributed by atoms with E-state index in [-0.39, 0.29) is 18.4 Å². The molecule has 2 aromatic rings. The van der Waals surface area contributed by atoms with Gasteiger partial charge in [-0.1, -0.05) is 41.8 Å². The molecule has 1 aromatic heterocycles. The molecule has 0 bridgehead atoms. The van der Waals surface area contributed by atoms with Crippen molar-refractivity contribution in [3.05, 3.63) is 45.4 Å². The first kappa shape index (κ1) is 19.6. The Kier molecular flexibility index (Phi) is 7.58. The molecule has 25 heavy (non-hydrogen) atoms. The fourth-order valence-corrected chi connectivity index (χ4v) is 3.46. The lowest BCUT2D eigenvalue weighted by Crippen LogP contribution is -2.38. The van der Waals surface area contributed by atoms with Crippen LogP contribution in [-0.2, 0) is 4.79 Å². The molecule has 0 unspecified atom stereocenters. The third-order valence-electron chi connectivity index (χ3n) is 3.59. The van der Waals surface area contributed by atoms with E-state index < -0.39 is 0 Å². The number of unbranched alkanes of at least 4 members (excludes halogenated alkanes) is 2. The van der Waals surface area contributed by atoms with Crippen molar-refractivity contribution in [2.75, 3.05) is 18.4 Å². The van der Waals surface area contributed by atoms with Gasteiger partial charge in [-0.25, -0.2) is 4.98 Å². The zero-order valence-electron chi connectivity index (χ0n) is 14.4. The average molecular weight is 424 g/mol. The van der Waals surface area contributed by atoms with Crippen LogP contribution in [0.4, 0.5) is 5.13 Å². The molecular weight excluding hydrogens is 402 g/mol. The monoisotopic (exact) mass is 423 g/mol. The molecule has 0 spiro atoms. The molecule has 1 aromatic carbocycles. The van der Waals surface area contributed by atoms with E-state index >= 15 is 0 Å². The van der Waals surface area contributed by atoms with Crippen LogP contribution >= 0.6 is 27.3 Å². The number of aromatic nitrogens is 1. The van der Waals surface area contributed by atoms with Gasteiger partial charge in [-0.3, -0.25) is 9.59 Å². The summed E-state index contributed by atoms with van der Waals surface area (Å²) in [7, 11) is 0. The summed E-state index contributed by atoms with van der Waals surface area (Å²) in [6, 6.07) is 7.23. The number of nitrogens with one attached hydrogen (secondary N) is 1. The fraction of sp³-hybridized carbons (Fsp3) is 0.389. The van der Waals surface area contributed by atoms with Crippen molar-refractivity contribution in [3.63, 3.8) is 0 Å². The van der Waals surface area contributed by atoms with E-state index in [1.165, 1.54) is 11.3 Å². The Bertz CT molecular complexity index is 733. The SMILES string of the molecule is CCCCCN(CC(=O)Nc1nc(C)cs1)C(=O)c1cccc(Br)c1. The zero-order valence-corrected chi connectivity index (χ0v) is 16.8. The van der Waals surface area contributed by atoms with E-state index in [0.29, 0.717) is 17.2 Å². The molecule has 134 valence electrons. The Labute approximate surface area is 160 Å². The third kappa shape index (κ3) is 6.25. The summed E-state index contributed by atoms with van der Waals surface area (Å²) in [6.07, 6.45) is 2.96. The number of thiazole rings is 1. The highest BCUT2D eigenvalue weighted by Gasteiger charge is 2.19. The van der Waals surface area contributed by atoms with Crippen LogP contribution in [-0.4, -0.2) is 34.8 Å². The molecule has 5 nitrogen and oxygen atoms in total.